The number of fused-ring (bicyclic) bond motifs is 1. The van der Waals surface area contributed by atoms with Gasteiger partial charge in [0, 0.05) is 19.6 Å². The Bertz CT molecular complexity index is 792. The Balaban J connectivity index is 1.81. The number of hydrogen-bond donors (Lipinski definition) is 0. The van der Waals surface area contributed by atoms with Crippen LogP contribution in [0.1, 0.15) is 72.8 Å². The van der Waals surface area contributed by atoms with E-state index in [1.54, 1.807) is 0 Å². The predicted molar refractivity (Wildman–Crippen MR) is 139 cm³/mol. The summed E-state index contributed by atoms with van der Waals surface area (Å²) in [6.45, 7) is 16.5. The van der Waals surface area contributed by atoms with Crippen molar-refractivity contribution < 1.29 is 9.59 Å². The topological polar surface area (TPSA) is 43.9 Å². The molecule has 2 aliphatic heterocycles. The van der Waals surface area contributed by atoms with Gasteiger partial charge in [-0.1, -0.05) is 71.9 Å². The molecule has 0 radical (unpaired) electrons. The fourth-order valence-electron chi connectivity index (χ4n) is 5.64. The average molecular weight is 470 g/mol. The maximum atomic E-state index is 13.9. The summed E-state index contributed by atoms with van der Waals surface area (Å²) in [4.78, 5) is 34.1. The molecule has 0 N–H and O–H groups in total. The Labute approximate surface area is 207 Å². The van der Waals surface area contributed by atoms with Crippen molar-refractivity contribution in [3.63, 3.8) is 0 Å². The highest BCUT2D eigenvalue weighted by Gasteiger charge is 2.49. The summed E-state index contributed by atoms with van der Waals surface area (Å²) in [5.74, 6) is 1.83. The van der Waals surface area contributed by atoms with Crippen LogP contribution in [0.2, 0.25) is 0 Å². The molecule has 34 heavy (non-hydrogen) atoms. The molecule has 0 bridgehead atoms. The summed E-state index contributed by atoms with van der Waals surface area (Å²) in [7, 11) is 0. The number of amides is 2. The number of piperazine rings is 2. The Hall–Kier alpha value is -1.88. The molecule has 2 heterocycles. The number of carbonyl (C=O) groups excluding carboxylic acids is 2. The van der Waals surface area contributed by atoms with Gasteiger partial charge in [-0.15, -0.1) is 0 Å². The molecule has 0 saturated carbocycles. The molecular formula is C29H47N3O2. The van der Waals surface area contributed by atoms with Crippen LogP contribution in [0.4, 0.5) is 0 Å². The van der Waals surface area contributed by atoms with Crippen LogP contribution in [0.25, 0.3) is 0 Å². The van der Waals surface area contributed by atoms with E-state index in [2.05, 4.69) is 70.7 Å². The van der Waals surface area contributed by atoms with Gasteiger partial charge in [0.05, 0.1) is 12.1 Å². The molecule has 190 valence electrons. The van der Waals surface area contributed by atoms with Gasteiger partial charge < -0.3 is 9.80 Å². The number of carbonyl (C=O) groups is 2. The Morgan fingerprint density at radius 3 is 2.06 bits per heavy atom. The lowest BCUT2D eigenvalue weighted by Gasteiger charge is -2.53. The van der Waals surface area contributed by atoms with Crippen molar-refractivity contribution in [2.75, 3.05) is 26.2 Å². The van der Waals surface area contributed by atoms with E-state index in [1.165, 1.54) is 12.0 Å². The van der Waals surface area contributed by atoms with Gasteiger partial charge >= 0.3 is 0 Å². The quantitative estimate of drug-likeness (QED) is 0.465. The van der Waals surface area contributed by atoms with E-state index >= 15 is 0 Å². The molecule has 2 fully saturated rings. The first-order chi connectivity index (χ1) is 16.2. The second-order valence-corrected chi connectivity index (χ2v) is 11.7. The molecule has 2 aliphatic rings. The zero-order valence-electron chi connectivity index (χ0n) is 22.4. The first-order valence-electron chi connectivity index (χ1n) is 13.6. The van der Waals surface area contributed by atoms with Crippen LogP contribution < -0.4 is 0 Å². The summed E-state index contributed by atoms with van der Waals surface area (Å²) >= 11 is 0. The summed E-state index contributed by atoms with van der Waals surface area (Å²) in [5, 5.41) is 0. The fraction of sp³-hybridized carbons (Fsp3) is 0.724. The van der Waals surface area contributed by atoms with E-state index in [9.17, 15) is 9.59 Å². The van der Waals surface area contributed by atoms with Crippen LogP contribution in [0.5, 0.6) is 0 Å². The Morgan fingerprint density at radius 2 is 1.44 bits per heavy atom. The van der Waals surface area contributed by atoms with Gasteiger partial charge in [0.1, 0.15) is 6.04 Å². The Kier molecular flexibility index (Phi) is 9.58. The first kappa shape index (κ1) is 26.7. The zero-order chi connectivity index (χ0) is 24.8. The second-order valence-electron chi connectivity index (χ2n) is 11.7. The fourth-order valence-corrected chi connectivity index (χ4v) is 5.64. The van der Waals surface area contributed by atoms with Gasteiger partial charge in [0.2, 0.25) is 11.8 Å². The maximum absolute atomic E-state index is 13.9. The van der Waals surface area contributed by atoms with E-state index in [1.807, 2.05) is 15.9 Å². The van der Waals surface area contributed by atoms with Crippen molar-refractivity contribution in [2.24, 2.45) is 17.8 Å². The molecule has 1 aromatic carbocycles. The highest BCUT2D eigenvalue weighted by atomic mass is 16.2. The normalized spacial score (nSPS) is 24.0. The largest absolute Gasteiger partial charge is 0.338 e. The van der Waals surface area contributed by atoms with Gasteiger partial charge in [-0.05, 0) is 62.0 Å². The Morgan fingerprint density at radius 1 is 0.794 bits per heavy atom. The van der Waals surface area contributed by atoms with Crippen molar-refractivity contribution in [3.8, 4) is 0 Å². The maximum Gasteiger partial charge on any atom is 0.245 e. The van der Waals surface area contributed by atoms with Crippen molar-refractivity contribution in [2.45, 2.75) is 91.8 Å². The lowest BCUT2D eigenvalue weighted by Crippen LogP contribution is -2.72. The van der Waals surface area contributed by atoms with Gasteiger partial charge in [-0.3, -0.25) is 14.5 Å². The zero-order valence-corrected chi connectivity index (χ0v) is 22.4. The summed E-state index contributed by atoms with van der Waals surface area (Å²) < 4.78 is 0. The van der Waals surface area contributed by atoms with Gasteiger partial charge in [0.15, 0.2) is 0 Å². The molecular weight excluding hydrogens is 422 g/mol. The number of rotatable bonds is 11. The molecule has 0 spiro atoms. The molecule has 2 saturated heterocycles. The van der Waals surface area contributed by atoms with E-state index in [-0.39, 0.29) is 29.9 Å². The van der Waals surface area contributed by atoms with Crippen LogP contribution >= 0.6 is 0 Å². The molecule has 0 unspecified atom stereocenters. The van der Waals surface area contributed by atoms with Gasteiger partial charge in [-0.2, -0.15) is 0 Å². The van der Waals surface area contributed by atoms with Crippen LogP contribution in [0.3, 0.4) is 0 Å². The number of nitrogens with zero attached hydrogens (tertiary/aromatic N) is 3. The van der Waals surface area contributed by atoms with Crippen molar-refractivity contribution in [1.29, 1.82) is 0 Å². The minimum Gasteiger partial charge on any atom is -0.338 e. The van der Waals surface area contributed by atoms with Gasteiger partial charge in [0.25, 0.3) is 0 Å². The van der Waals surface area contributed by atoms with Crippen LogP contribution in [0.15, 0.2) is 30.3 Å². The van der Waals surface area contributed by atoms with Crippen molar-refractivity contribution >= 4 is 11.8 Å². The third-order valence-corrected chi connectivity index (χ3v) is 7.31. The monoisotopic (exact) mass is 469 g/mol. The SMILES string of the molecule is CC(C)CCCN1C[C@H]2CN(CCc3ccccc3)C(=O)[C@H](CC(C)C)N2C(=O)[C@@H]1CC(C)C. The second kappa shape index (κ2) is 12.2. The third kappa shape index (κ3) is 6.84. The molecule has 3 atom stereocenters. The smallest absolute Gasteiger partial charge is 0.245 e. The van der Waals surface area contributed by atoms with E-state index in [0.29, 0.717) is 24.3 Å². The highest BCUT2D eigenvalue weighted by Crippen LogP contribution is 2.31. The predicted octanol–water partition coefficient (Wildman–Crippen LogP) is 4.85. The third-order valence-electron chi connectivity index (χ3n) is 7.31. The van der Waals surface area contributed by atoms with E-state index in [0.717, 1.165) is 45.3 Å². The highest BCUT2D eigenvalue weighted by molar-refractivity contribution is 5.92. The molecule has 0 aliphatic carbocycles. The summed E-state index contributed by atoms with van der Waals surface area (Å²) in [5.41, 5.74) is 1.25. The molecule has 1 aromatic rings. The molecule has 5 nitrogen and oxygen atoms in total. The van der Waals surface area contributed by atoms with Gasteiger partial charge in [-0.25, -0.2) is 0 Å². The summed E-state index contributed by atoms with van der Waals surface area (Å²) in [6, 6.07) is 10.1. The lowest BCUT2D eigenvalue weighted by molar-refractivity contribution is -0.167. The van der Waals surface area contributed by atoms with Crippen molar-refractivity contribution in [3.05, 3.63) is 35.9 Å². The molecule has 0 aromatic heterocycles. The van der Waals surface area contributed by atoms with E-state index < -0.39 is 0 Å². The minimum absolute atomic E-state index is 0.0900. The first-order valence-corrected chi connectivity index (χ1v) is 13.6. The number of hydrogen-bond acceptors (Lipinski definition) is 3. The number of benzene rings is 1. The van der Waals surface area contributed by atoms with Crippen LogP contribution in [0, 0.1) is 17.8 Å². The van der Waals surface area contributed by atoms with Crippen LogP contribution in [-0.2, 0) is 16.0 Å². The molecule has 2 amide bonds. The molecule has 5 heteroatoms. The minimum atomic E-state index is -0.325. The lowest BCUT2D eigenvalue weighted by atomic mass is 9.89. The standard InChI is InChI=1S/C29H47N3O2/c1-21(2)11-10-15-30-19-25-20-31(16-14-24-12-8-7-9-13-24)28(33)27(18-23(5)6)32(25)29(34)26(30)17-22(3)4/h7-9,12-13,21-23,25-27H,10-11,14-20H2,1-6H3/t25-,26-,27-/m0/s1. The summed E-state index contributed by atoms with van der Waals surface area (Å²) in [6.07, 6.45) is 4.77. The van der Waals surface area contributed by atoms with E-state index in [4.69, 9.17) is 0 Å². The average Bonchev–Trinajstić information content (AvgIpc) is 2.77. The van der Waals surface area contributed by atoms with Crippen molar-refractivity contribution in [1.82, 2.24) is 14.7 Å². The van der Waals surface area contributed by atoms with Crippen LogP contribution in [-0.4, -0.2) is 70.8 Å². The molecule has 3 rings (SSSR count).